The minimum Gasteiger partial charge on any atom is -0.320 e. The molecule has 0 fully saturated rings. The van der Waals surface area contributed by atoms with Crippen molar-refractivity contribution in [3.05, 3.63) is 108 Å². The van der Waals surface area contributed by atoms with Crippen LogP contribution in [0.2, 0.25) is 0 Å². The molecule has 0 saturated heterocycles. The summed E-state index contributed by atoms with van der Waals surface area (Å²) in [5, 5.41) is 7.05. The molecule has 0 bridgehead atoms. The van der Waals surface area contributed by atoms with Crippen molar-refractivity contribution in [2.75, 3.05) is 5.32 Å². The number of hydrogen-bond acceptors (Lipinski definition) is 4. The van der Waals surface area contributed by atoms with Crippen LogP contribution >= 0.6 is 0 Å². The van der Waals surface area contributed by atoms with Crippen molar-refractivity contribution in [3.63, 3.8) is 0 Å². The zero-order valence-corrected chi connectivity index (χ0v) is 18.2. The summed E-state index contributed by atoms with van der Waals surface area (Å²) in [7, 11) is -3.82. The van der Waals surface area contributed by atoms with Crippen molar-refractivity contribution >= 4 is 21.6 Å². The van der Waals surface area contributed by atoms with Gasteiger partial charge in [0, 0.05) is 24.0 Å². The number of amides is 1. The predicted molar refractivity (Wildman–Crippen MR) is 123 cm³/mol. The summed E-state index contributed by atoms with van der Waals surface area (Å²) < 4.78 is 30.1. The first-order chi connectivity index (χ1) is 15.4. The van der Waals surface area contributed by atoms with E-state index in [1.54, 1.807) is 54.3 Å². The van der Waals surface area contributed by atoms with E-state index >= 15 is 0 Å². The van der Waals surface area contributed by atoms with Crippen LogP contribution in [0.25, 0.3) is 5.69 Å². The van der Waals surface area contributed by atoms with Gasteiger partial charge in [-0.15, -0.1) is 0 Å². The minimum atomic E-state index is -3.82. The van der Waals surface area contributed by atoms with Gasteiger partial charge in [0.15, 0.2) is 0 Å². The van der Waals surface area contributed by atoms with Crippen molar-refractivity contribution in [2.24, 2.45) is 0 Å². The van der Waals surface area contributed by atoms with Crippen LogP contribution in [-0.4, -0.2) is 24.1 Å². The molecule has 1 unspecified atom stereocenters. The van der Waals surface area contributed by atoms with E-state index in [0.29, 0.717) is 11.4 Å². The molecule has 0 saturated carbocycles. The number of carbonyl (C=O) groups is 1. The maximum absolute atomic E-state index is 12.9. The summed E-state index contributed by atoms with van der Waals surface area (Å²) in [5.74, 6) is -0.419. The number of hydrogen-bond donors (Lipinski definition) is 2. The number of carbonyl (C=O) groups excluding carboxylic acids is 1. The van der Waals surface area contributed by atoms with Gasteiger partial charge in [0.1, 0.15) is 0 Å². The fourth-order valence-corrected chi connectivity index (χ4v) is 4.58. The average molecular weight is 447 g/mol. The van der Waals surface area contributed by atoms with E-state index in [2.05, 4.69) is 15.1 Å². The van der Waals surface area contributed by atoms with Gasteiger partial charge in [0.2, 0.25) is 10.0 Å². The average Bonchev–Trinajstić information content (AvgIpc) is 3.34. The first-order valence-corrected chi connectivity index (χ1v) is 11.5. The molecule has 32 heavy (non-hydrogen) atoms. The van der Waals surface area contributed by atoms with Gasteiger partial charge in [-0.2, -0.15) is 5.10 Å². The SMILES string of the molecule is CC(NS(=O)(=O)c1cccc(C(=O)Nc2ccccc2-n2cccn2)c1)c1ccccc1. The number of rotatable bonds is 7. The molecule has 4 aromatic rings. The highest BCUT2D eigenvalue weighted by Crippen LogP contribution is 2.21. The van der Waals surface area contributed by atoms with Gasteiger partial charge in [-0.3, -0.25) is 4.79 Å². The van der Waals surface area contributed by atoms with E-state index in [0.717, 1.165) is 5.56 Å². The van der Waals surface area contributed by atoms with Gasteiger partial charge in [-0.1, -0.05) is 48.5 Å². The van der Waals surface area contributed by atoms with Crippen LogP contribution in [0.4, 0.5) is 5.69 Å². The fourth-order valence-electron chi connectivity index (χ4n) is 3.30. The van der Waals surface area contributed by atoms with Crippen LogP contribution in [0.5, 0.6) is 0 Å². The quantitative estimate of drug-likeness (QED) is 0.446. The van der Waals surface area contributed by atoms with Gasteiger partial charge in [0.05, 0.1) is 16.3 Å². The second kappa shape index (κ2) is 9.17. The van der Waals surface area contributed by atoms with Crippen LogP contribution in [0.3, 0.4) is 0 Å². The van der Waals surface area contributed by atoms with E-state index < -0.39 is 22.0 Å². The van der Waals surface area contributed by atoms with Crippen molar-refractivity contribution in [1.29, 1.82) is 0 Å². The largest absolute Gasteiger partial charge is 0.320 e. The number of anilines is 1. The third-order valence-corrected chi connectivity index (χ3v) is 6.48. The Bertz CT molecular complexity index is 1320. The first kappa shape index (κ1) is 21.5. The first-order valence-electron chi connectivity index (χ1n) is 10.0. The molecule has 0 aliphatic carbocycles. The van der Waals surface area contributed by atoms with Crippen LogP contribution in [0.1, 0.15) is 28.9 Å². The Kier molecular flexibility index (Phi) is 6.16. The van der Waals surface area contributed by atoms with E-state index in [1.165, 1.54) is 12.1 Å². The number of sulfonamides is 1. The molecule has 1 atom stereocenters. The molecule has 8 heteroatoms. The van der Waals surface area contributed by atoms with Crippen molar-refractivity contribution < 1.29 is 13.2 Å². The molecular weight excluding hydrogens is 424 g/mol. The highest BCUT2D eigenvalue weighted by Gasteiger charge is 2.20. The highest BCUT2D eigenvalue weighted by molar-refractivity contribution is 7.89. The molecule has 0 aliphatic heterocycles. The van der Waals surface area contributed by atoms with E-state index in [-0.39, 0.29) is 10.5 Å². The number of benzene rings is 3. The Morgan fingerprint density at radius 1 is 0.938 bits per heavy atom. The molecule has 0 aliphatic rings. The molecule has 3 aromatic carbocycles. The summed E-state index contributed by atoms with van der Waals surface area (Å²) >= 11 is 0. The van der Waals surface area contributed by atoms with E-state index in [1.807, 2.05) is 42.5 Å². The van der Waals surface area contributed by atoms with Crippen molar-refractivity contribution in [1.82, 2.24) is 14.5 Å². The normalized spacial score (nSPS) is 12.3. The van der Waals surface area contributed by atoms with Gasteiger partial charge in [-0.05, 0) is 48.9 Å². The Hall–Kier alpha value is -3.75. The lowest BCUT2D eigenvalue weighted by Crippen LogP contribution is -2.27. The van der Waals surface area contributed by atoms with Crippen molar-refractivity contribution in [3.8, 4) is 5.69 Å². The third-order valence-electron chi connectivity index (χ3n) is 4.94. The molecule has 1 heterocycles. The van der Waals surface area contributed by atoms with Crippen LogP contribution in [-0.2, 0) is 10.0 Å². The highest BCUT2D eigenvalue weighted by atomic mass is 32.2. The molecular formula is C24H22N4O3S. The third kappa shape index (κ3) is 4.77. The van der Waals surface area contributed by atoms with Gasteiger partial charge in [-0.25, -0.2) is 17.8 Å². The lowest BCUT2D eigenvalue weighted by molar-refractivity contribution is 0.102. The Balaban J connectivity index is 1.55. The van der Waals surface area contributed by atoms with E-state index in [4.69, 9.17) is 0 Å². The predicted octanol–water partition coefficient (Wildman–Crippen LogP) is 4.16. The van der Waals surface area contributed by atoms with Crippen LogP contribution in [0, 0.1) is 0 Å². The van der Waals surface area contributed by atoms with Crippen LogP contribution < -0.4 is 10.0 Å². The molecule has 2 N–H and O–H groups in total. The van der Waals surface area contributed by atoms with Crippen LogP contribution in [0.15, 0.2) is 102 Å². The fraction of sp³-hybridized carbons (Fsp3) is 0.0833. The summed E-state index contributed by atoms with van der Waals surface area (Å²) in [4.78, 5) is 12.9. The summed E-state index contributed by atoms with van der Waals surface area (Å²) in [6, 6.07) is 23.9. The monoisotopic (exact) mass is 446 g/mol. The smallest absolute Gasteiger partial charge is 0.255 e. The topological polar surface area (TPSA) is 93.1 Å². The number of nitrogens with one attached hydrogen (secondary N) is 2. The summed E-state index contributed by atoms with van der Waals surface area (Å²) in [6.45, 7) is 1.77. The molecule has 162 valence electrons. The summed E-state index contributed by atoms with van der Waals surface area (Å²) in [6.07, 6.45) is 3.42. The Morgan fingerprint density at radius 2 is 1.69 bits per heavy atom. The lowest BCUT2D eigenvalue weighted by atomic mass is 10.1. The second-order valence-electron chi connectivity index (χ2n) is 7.20. The van der Waals surface area contributed by atoms with Crippen molar-refractivity contribution in [2.45, 2.75) is 17.9 Å². The molecule has 7 nitrogen and oxygen atoms in total. The number of para-hydroxylation sites is 2. The van der Waals surface area contributed by atoms with Gasteiger partial charge in [0.25, 0.3) is 5.91 Å². The zero-order chi connectivity index (χ0) is 22.6. The zero-order valence-electron chi connectivity index (χ0n) is 17.3. The van der Waals surface area contributed by atoms with Gasteiger partial charge < -0.3 is 5.32 Å². The lowest BCUT2D eigenvalue weighted by Gasteiger charge is -2.15. The molecule has 1 amide bonds. The van der Waals surface area contributed by atoms with E-state index in [9.17, 15) is 13.2 Å². The molecule has 0 spiro atoms. The Morgan fingerprint density at radius 3 is 2.44 bits per heavy atom. The number of aromatic nitrogens is 2. The minimum absolute atomic E-state index is 0.0216. The molecule has 1 aromatic heterocycles. The maximum Gasteiger partial charge on any atom is 0.255 e. The maximum atomic E-state index is 12.9. The summed E-state index contributed by atoms with van der Waals surface area (Å²) in [5.41, 5.74) is 2.34. The number of nitrogens with zero attached hydrogens (tertiary/aromatic N) is 2. The van der Waals surface area contributed by atoms with Gasteiger partial charge >= 0.3 is 0 Å². The second-order valence-corrected chi connectivity index (χ2v) is 8.92. The standard InChI is InChI=1S/C24H22N4O3S/c1-18(19-9-3-2-4-10-19)27-32(30,31)21-12-7-11-20(17-21)24(29)26-22-13-5-6-14-23(22)28-16-8-15-25-28/h2-18,27H,1H3,(H,26,29). The molecule has 0 radical (unpaired) electrons. The Labute approximate surface area is 186 Å². The molecule has 4 rings (SSSR count).